The molecule has 1 aliphatic heterocycles. The summed E-state index contributed by atoms with van der Waals surface area (Å²) in [4.78, 5) is 2.15. The van der Waals surface area contributed by atoms with E-state index >= 15 is 0 Å². The van der Waals surface area contributed by atoms with Gasteiger partial charge in [0.1, 0.15) is 0 Å². The summed E-state index contributed by atoms with van der Waals surface area (Å²) in [6.45, 7) is 2.69. The number of ether oxygens (including phenoxy) is 2. The fraction of sp³-hybridized carbons (Fsp3) is 0.520. The van der Waals surface area contributed by atoms with Crippen LogP contribution < -0.4 is 9.47 Å². The molecule has 196 valence electrons. The first-order chi connectivity index (χ1) is 16.1. The van der Waals surface area contributed by atoms with E-state index in [2.05, 4.69) is 24.0 Å². The van der Waals surface area contributed by atoms with E-state index in [1.54, 1.807) is 12.1 Å². The normalized spacial score (nSPS) is 18.9. The van der Waals surface area contributed by atoms with Crippen molar-refractivity contribution in [3.8, 4) is 11.5 Å². The van der Waals surface area contributed by atoms with E-state index in [1.165, 1.54) is 25.8 Å². The molecule has 1 aliphatic rings. The number of hydrogen-bond donors (Lipinski definition) is 0. The maximum Gasteiger partial charge on any atom is 0.198 e. The second-order valence-corrected chi connectivity index (χ2v) is 13.9. The Morgan fingerprint density at radius 2 is 1.54 bits per heavy atom. The smallest absolute Gasteiger partial charge is 0.198 e. The van der Waals surface area contributed by atoms with E-state index in [4.69, 9.17) is 9.47 Å². The number of likely N-dealkylation sites (N-methyl/N-ethyl adjacent to an activating group) is 1. The minimum absolute atomic E-state index is 0. The number of sulfone groups is 2. The molecule has 2 aromatic rings. The first-order valence-corrected chi connectivity index (χ1v) is 14.8. The molecule has 35 heavy (non-hydrogen) atoms. The number of halogens is 1. The van der Waals surface area contributed by atoms with E-state index in [0.717, 1.165) is 6.42 Å². The zero-order valence-corrected chi connectivity index (χ0v) is 23.2. The van der Waals surface area contributed by atoms with Gasteiger partial charge in [0.05, 0.1) is 25.7 Å². The molecule has 1 heterocycles. The van der Waals surface area contributed by atoms with Crippen molar-refractivity contribution in [3.63, 3.8) is 0 Å². The first-order valence-electron chi connectivity index (χ1n) is 11.5. The summed E-state index contributed by atoms with van der Waals surface area (Å²) in [6.07, 6.45) is 1.39. The highest BCUT2D eigenvalue weighted by atomic mass is 35.5. The molecule has 0 spiro atoms. The van der Waals surface area contributed by atoms with Crippen LogP contribution in [0.1, 0.15) is 37.3 Å². The zero-order chi connectivity index (χ0) is 25.0. The van der Waals surface area contributed by atoms with Gasteiger partial charge in [-0.25, -0.2) is 16.8 Å². The Labute approximate surface area is 216 Å². The number of nitrogens with zero attached hydrogens (tertiary/aromatic N) is 1. The van der Waals surface area contributed by atoms with Gasteiger partial charge in [-0.3, -0.25) is 0 Å². The van der Waals surface area contributed by atoms with Crippen LogP contribution in [0.4, 0.5) is 0 Å². The Morgan fingerprint density at radius 1 is 0.943 bits per heavy atom. The molecule has 0 aromatic heterocycles. The molecule has 0 radical (unpaired) electrons. The summed E-state index contributed by atoms with van der Waals surface area (Å²) >= 11 is 0. The van der Waals surface area contributed by atoms with Crippen LogP contribution in [-0.4, -0.2) is 67.1 Å². The molecule has 1 unspecified atom stereocenters. The number of rotatable bonds is 10. The summed E-state index contributed by atoms with van der Waals surface area (Å²) < 4.78 is 62.5. The monoisotopic (exact) mass is 545 g/mol. The lowest BCUT2D eigenvalue weighted by Gasteiger charge is -2.37. The van der Waals surface area contributed by atoms with Gasteiger partial charge in [0, 0.05) is 6.04 Å². The molecule has 10 heteroatoms. The van der Waals surface area contributed by atoms with Crippen LogP contribution in [-0.2, 0) is 30.2 Å². The van der Waals surface area contributed by atoms with E-state index in [-0.39, 0.29) is 48.4 Å². The second kappa shape index (κ2) is 12.0. The maximum atomic E-state index is 13.5. The Bertz CT molecular complexity index is 1150. The van der Waals surface area contributed by atoms with Crippen molar-refractivity contribution in [3.05, 3.63) is 59.7 Å². The molecule has 0 amide bonds. The predicted molar refractivity (Wildman–Crippen MR) is 142 cm³/mol. The predicted octanol–water partition coefficient (Wildman–Crippen LogP) is 3.85. The molecule has 1 fully saturated rings. The van der Waals surface area contributed by atoms with Crippen molar-refractivity contribution < 1.29 is 26.3 Å². The largest absolute Gasteiger partial charge is 0.493 e. The molecule has 0 saturated carbocycles. The molecule has 7 nitrogen and oxygen atoms in total. The Balaban J connectivity index is 0.00000432. The van der Waals surface area contributed by atoms with Gasteiger partial charge in [0.15, 0.2) is 35.3 Å². The SMILES string of the molecule is COc1ccc(C2(CCCN(C)C(C)Cc3ccccc3)S(=O)(=O)CCCS2(=O)=O)cc1OC.Cl. The minimum atomic E-state index is -3.96. The zero-order valence-electron chi connectivity index (χ0n) is 20.8. The second-order valence-electron chi connectivity index (χ2n) is 8.94. The fourth-order valence-corrected chi connectivity index (χ4v) is 10.6. The first kappa shape index (κ1) is 29.4. The van der Waals surface area contributed by atoms with Crippen LogP contribution >= 0.6 is 12.4 Å². The molecule has 3 rings (SSSR count). The average molecular weight is 546 g/mol. The molecular formula is C25H36ClNO6S2. The van der Waals surface area contributed by atoms with Crippen LogP contribution in [0.15, 0.2) is 48.5 Å². The minimum Gasteiger partial charge on any atom is -0.493 e. The highest BCUT2D eigenvalue weighted by molar-refractivity contribution is 8.10. The van der Waals surface area contributed by atoms with Crippen LogP contribution in [0.25, 0.3) is 0 Å². The molecule has 1 atom stereocenters. The van der Waals surface area contributed by atoms with E-state index < -0.39 is 23.8 Å². The van der Waals surface area contributed by atoms with Crippen LogP contribution in [0, 0.1) is 0 Å². The van der Waals surface area contributed by atoms with Crippen molar-refractivity contribution in [2.45, 2.75) is 42.7 Å². The van der Waals surface area contributed by atoms with Gasteiger partial charge in [-0.1, -0.05) is 36.4 Å². The van der Waals surface area contributed by atoms with Gasteiger partial charge in [0.2, 0.25) is 0 Å². The molecule has 0 bridgehead atoms. The molecular weight excluding hydrogens is 510 g/mol. The average Bonchev–Trinajstić information content (AvgIpc) is 2.80. The standard InChI is InChI=1S/C25H35NO6S2.ClH/c1-20(18-21-10-6-5-7-11-21)26(2)15-8-14-25(33(27,28)16-9-17-34(25,29)30)22-12-13-23(31-3)24(19-22)32-4;/h5-7,10-13,19-20H,8-9,14-18H2,1-4H3;1H. The van der Waals surface area contributed by atoms with Gasteiger partial charge in [-0.2, -0.15) is 0 Å². The van der Waals surface area contributed by atoms with Crippen molar-refractivity contribution >= 4 is 32.1 Å². The summed E-state index contributed by atoms with van der Waals surface area (Å²) in [5.41, 5.74) is 1.45. The van der Waals surface area contributed by atoms with Gasteiger partial charge >= 0.3 is 0 Å². The van der Waals surface area contributed by atoms with Crippen LogP contribution in [0.2, 0.25) is 0 Å². The van der Waals surface area contributed by atoms with Crippen molar-refractivity contribution in [2.75, 3.05) is 39.3 Å². The van der Waals surface area contributed by atoms with E-state index in [9.17, 15) is 16.8 Å². The summed E-state index contributed by atoms with van der Waals surface area (Å²) in [5, 5.41) is 0. The number of methoxy groups -OCH3 is 2. The molecule has 1 saturated heterocycles. The number of hydrogen-bond acceptors (Lipinski definition) is 7. The highest BCUT2D eigenvalue weighted by Crippen LogP contribution is 2.47. The quantitative estimate of drug-likeness (QED) is 0.448. The third kappa shape index (κ3) is 5.96. The molecule has 0 N–H and O–H groups in total. The van der Waals surface area contributed by atoms with Gasteiger partial charge in [-0.05, 0) is 69.5 Å². The summed E-state index contributed by atoms with van der Waals surface area (Å²) in [6, 6.07) is 15.0. The Kier molecular flexibility index (Phi) is 10.0. The lowest BCUT2D eigenvalue weighted by molar-refractivity contribution is 0.249. The van der Waals surface area contributed by atoms with E-state index in [1.807, 2.05) is 25.2 Å². The summed E-state index contributed by atoms with van der Waals surface area (Å²) in [7, 11) is -3.01. The fourth-order valence-electron chi connectivity index (χ4n) is 4.74. The molecule has 0 aliphatic carbocycles. The summed E-state index contributed by atoms with van der Waals surface area (Å²) in [5.74, 6) is 0.423. The highest BCUT2D eigenvalue weighted by Gasteiger charge is 2.57. The van der Waals surface area contributed by atoms with Crippen LogP contribution in [0.3, 0.4) is 0 Å². The third-order valence-corrected chi connectivity index (χ3v) is 12.9. The van der Waals surface area contributed by atoms with Crippen molar-refractivity contribution in [1.82, 2.24) is 4.90 Å². The maximum absolute atomic E-state index is 13.5. The topological polar surface area (TPSA) is 90.0 Å². The molecule has 2 aromatic carbocycles. The van der Waals surface area contributed by atoms with Crippen molar-refractivity contribution in [2.24, 2.45) is 0 Å². The van der Waals surface area contributed by atoms with E-state index in [0.29, 0.717) is 24.5 Å². The van der Waals surface area contributed by atoms with Crippen molar-refractivity contribution in [1.29, 1.82) is 0 Å². The van der Waals surface area contributed by atoms with Gasteiger partial charge < -0.3 is 14.4 Å². The van der Waals surface area contributed by atoms with Gasteiger partial charge in [0.25, 0.3) is 0 Å². The lowest BCUT2D eigenvalue weighted by Crippen LogP contribution is -2.50. The lowest BCUT2D eigenvalue weighted by atomic mass is 10.0. The number of benzene rings is 2. The Morgan fingerprint density at radius 3 is 2.11 bits per heavy atom. The third-order valence-electron chi connectivity index (χ3n) is 6.80. The van der Waals surface area contributed by atoms with Crippen LogP contribution in [0.5, 0.6) is 11.5 Å². The van der Waals surface area contributed by atoms with Gasteiger partial charge in [-0.15, -0.1) is 12.4 Å². The Hall–Kier alpha value is -1.81.